The maximum absolute atomic E-state index is 13.0. The number of ether oxygens (including phenoxy) is 1. The minimum Gasteiger partial charge on any atom is -0.507 e. The number of benzene rings is 2. The summed E-state index contributed by atoms with van der Waals surface area (Å²) in [5, 5.41) is 22.2. The summed E-state index contributed by atoms with van der Waals surface area (Å²) >= 11 is 0. The Labute approximate surface area is 188 Å². The van der Waals surface area contributed by atoms with Crippen molar-refractivity contribution < 1.29 is 24.4 Å². The molecule has 33 heavy (non-hydrogen) atoms. The first-order valence-electron chi connectivity index (χ1n) is 9.98. The monoisotopic (exact) mass is 445 g/mol. The number of hydrogen-bond donors (Lipinski definition) is 1. The summed E-state index contributed by atoms with van der Waals surface area (Å²) in [6, 6.07) is 16.4. The first kappa shape index (κ1) is 21.7. The number of aliphatic hydroxyl groups excluding tert-OH is 1. The zero-order chi connectivity index (χ0) is 23.5. The van der Waals surface area contributed by atoms with Crippen molar-refractivity contribution >= 4 is 23.1 Å². The maximum atomic E-state index is 13.0. The third-order valence-corrected chi connectivity index (χ3v) is 5.35. The fraction of sp³-hybridized carbons (Fsp3) is 0.125. The van der Waals surface area contributed by atoms with E-state index >= 15 is 0 Å². The number of carbonyl (C=O) groups is 2. The molecule has 0 radical (unpaired) electrons. The van der Waals surface area contributed by atoms with Gasteiger partial charge in [0.05, 0.1) is 23.3 Å². The second-order valence-electron chi connectivity index (χ2n) is 7.34. The van der Waals surface area contributed by atoms with Crippen LogP contribution in [0.5, 0.6) is 5.75 Å². The lowest BCUT2D eigenvalue weighted by atomic mass is 9.98. The summed E-state index contributed by atoms with van der Waals surface area (Å²) in [6.07, 6.45) is 1.52. The third kappa shape index (κ3) is 4.16. The molecule has 1 aliphatic heterocycles. The lowest BCUT2D eigenvalue weighted by Gasteiger charge is -2.24. The van der Waals surface area contributed by atoms with Gasteiger partial charge in [0.15, 0.2) is 0 Å². The SMILES string of the molecule is COc1ccc(CN2C(=O)C(=O)/C(=C(\O)c3cccc([N+](=O)[O-])c3)C2c2ccccn2)cc1. The average molecular weight is 445 g/mol. The van der Waals surface area contributed by atoms with Crippen LogP contribution in [0.25, 0.3) is 5.76 Å². The van der Waals surface area contributed by atoms with Gasteiger partial charge < -0.3 is 14.7 Å². The number of hydrogen-bond acceptors (Lipinski definition) is 7. The van der Waals surface area contributed by atoms with Gasteiger partial charge in [-0.2, -0.15) is 0 Å². The molecular formula is C24H19N3O6. The molecule has 1 aromatic heterocycles. The van der Waals surface area contributed by atoms with Crippen molar-refractivity contribution in [3.05, 3.63) is 105 Å². The average Bonchev–Trinajstić information content (AvgIpc) is 3.09. The van der Waals surface area contributed by atoms with Crippen molar-refractivity contribution in [1.29, 1.82) is 0 Å². The quantitative estimate of drug-likeness (QED) is 0.202. The van der Waals surface area contributed by atoms with Gasteiger partial charge in [0, 0.05) is 30.4 Å². The number of nitro benzene ring substituents is 1. The Morgan fingerprint density at radius 3 is 2.52 bits per heavy atom. The summed E-state index contributed by atoms with van der Waals surface area (Å²) in [5.74, 6) is -1.53. The van der Waals surface area contributed by atoms with E-state index in [9.17, 15) is 24.8 Å². The van der Waals surface area contributed by atoms with E-state index in [4.69, 9.17) is 4.74 Å². The lowest BCUT2D eigenvalue weighted by Crippen LogP contribution is -2.29. The standard InChI is InChI=1S/C24H19N3O6/c1-33-18-10-8-15(9-11-18)14-26-21(19-7-2-3-12-25-19)20(23(29)24(26)30)22(28)16-5-4-6-17(13-16)27(31)32/h2-13,21,28H,14H2,1H3/b22-20-. The number of ketones is 1. The fourth-order valence-corrected chi connectivity index (χ4v) is 3.74. The van der Waals surface area contributed by atoms with Crippen LogP contribution in [0.15, 0.2) is 78.5 Å². The fourth-order valence-electron chi connectivity index (χ4n) is 3.74. The molecule has 1 amide bonds. The van der Waals surface area contributed by atoms with Crippen LogP contribution in [0.2, 0.25) is 0 Å². The minimum absolute atomic E-state index is 0.0626. The lowest BCUT2D eigenvalue weighted by molar-refractivity contribution is -0.384. The highest BCUT2D eigenvalue weighted by Crippen LogP contribution is 2.39. The summed E-state index contributed by atoms with van der Waals surface area (Å²) in [5.41, 5.74) is 0.771. The zero-order valence-electron chi connectivity index (χ0n) is 17.5. The van der Waals surface area contributed by atoms with Gasteiger partial charge in [-0.25, -0.2) is 0 Å². The Morgan fingerprint density at radius 1 is 1.12 bits per heavy atom. The molecule has 0 bridgehead atoms. The molecule has 1 saturated heterocycles. The number of amides is 1. The number of carbonyl (C=O) groups excluding carboxylic acids is 2. The highest BCUT2D eigenvalue weighted by atomic mass is 16.6. The van der Waals surface area contributed by atoms with Gasteiger partial charge in [-0.05, 0) is 29.8 Å². The number of aliphatic hydroxyl groups is 1. The molecule has 2 aromatic carbocycles. The smallest absolute Gasteiger partial charge is 0.296 e. The summed E-state index contributed by atoms with van der Waals surface area (Å²) in [7, 11) is 1.54. The number of likely N-dealkylation sites (tertiary alicyclic amines) is 1. The molecule has 0 spiro atoms. The summed E-state index contributed by atoms with van der Waals surface area (Å²) < 4.78 is 5.16. The van der Waals surface area contributed by atoms with Gasteiger partial charge in [-0.3, -0.25) is 24.7 Å². The highest BCUT2D eigenvalue weighted by molar-refractivity contribution is 6.46. The molecule has 2 heterocycles. The molecule has 9 heteroatoms. The van der Waals surface area contributed by atoms with E-state index in [1.165, 1.54) is 29.3 Å². The molecular weight excluding hydrogens is 426 g/mol. The summed E-state index contributed by atoms with van der Waals surface area (Å²) in [6.45, 7) is 0.0848. The highest BCUT2D eigenvalue weighted by Gasteiger charge is 2.46. The largest absolute Gasteiger partial charge is 0.507 e. The predicted octanol–water partition coefficient (Wildman–Crippen LogP) is 3.62. The molecule has 3 aromatic rings. The second kappa shape index (κ2) is 8.91. The van der Waals surface area contributed by atoms with Crippen LogP contribution in [0.3, 0.4) is 0 Å². The number of nitrogens with zero attached hydrogens (tertiary/aromatic N) is 3. The van der Waals surface area contributed by atoms with E-state index < -0.39 is 28.4 Å². The predicted molar refractivity (Wildman–Crippen MR) is 118 cm³/mol. The van der Waals surface area contributed by atoms with Crippen molar-refractivity contribution in [1.82, 2.24) is 9.88 Å². The Hall–Kier alpha value is -4.53. The normalized spacial score (nSPS) is 17.2. The second-order valence-corrected chi connectivity index (χ2v) is 7.34. The molecule has 1 N–H and O–H groups in total. The van der Waals surface area contributed by atoms with Crippen molar-refractivity contribution in [2.45, 2.75) is 12.6 Å². The van der Waals surface area contributed by atoms with Crippen LogP contribution >= 0.6 is 0 Å². The number of aromatic nitrogens is 1. The van der Waals surface area contributed by atoms with Gasteiger partial charge in [-0.1, -0.05) is 30.3 Å². The Bertz CT molecular complexity index is 1250. The van der Waals surface area contributed by atoms with Crippen LogP contribution in [0.1, 0.15) is 22.9 Å². The molecule has 1 unspecified atom stereocenters. The van der Waals surface area contributed by atoms with Gasteiger partial charge in [0.1, 0.15) is 17.6 Å². The number of rotatable bonds is 6. The molecule has 4 rings (SSSR count). The van der Waals surface area contributed by atoms with Crippen LogP contribution in [0.4, 0.5) is 5.69 Å². The molecule has 1 aliphatic rings. The van der Waals surface area contributed by atoms with Crippen LogP contribution in [0, 0.1) is 10.1 Å². The minimum atomic E-state index is -0.965. The number of methoxy groups -OCH3 is 1. The number of nitro groups is 1. The first-order valence-corrected chi connectivity index (χ1v) is 9.98. The third-order valence-electron chi connectivity index (χ3n) is 5.35. The molecule has 9 nitrogen and oxygen atoms in total. The number of Topliss-reactive ketones (excluding diaryl/α,β-unsaturated/α-hetero) is 1. The first-order chi connectivity index (χ1) is 15.9. The van der Waals surface area contributed by atoms with E-state index in [1.807, 2.05) is 0 Å². The topological polar surface area (TPSA) is 123 Å². The van der Waals surface area contributed by atoms with Gasteiger partial charge in [-0.15, -0.1) is 0 Å². The number of pyridine rings is 1. The van der Waals surface area contributed by atoms with Crippen molar-refractivity contribution in [3.63, 3.8) is 0 Å². The molecule has 0 aliphatic carbocycles. The van der Waals surface area contributed by atoms with E-state index in [0.29, 0.717) is 11.4 Å². The van der Waals surface area contributed by atoms with E-state index in [1.54, 1.807) is 49.6 Å². The molecule has 1 atom stereocenters. The maximum Gasteiger partial charge on any atom is 0.296 e. The van der Waals surface area contributed by atoms with Gasteiger partial charge in [0.2, 0.25) is 0 Å². The molecule has 166 valence electrons. The van der Waals surface area contributed by atoms with Crippen molar-refractivity contribution in [2.24, 2.45) is 0 Å². The Morgan fingerprint density at radius 2 is 1.88 bits per heavy atom. The van der Waals surface area contributed by atoms with Crippen molar-refractivity contribution in [2.75, 3.05) is 7.11 Å². The van der Waals surface area contributed by atoms with Crippen LogP contribution < -0.4 is 4.74 Å². The molecule has 0 saturated carbocycles. The number of non-ortho nitro benzene ring substituents is 1. The van der Waals surface area contributed by atoms with Crippen LogP contribution in [-0.2, 0) is 16.1 Å². The summed E-state index contributed by atoms with van der Waals surface area (Å²) in [4.78, 5) is 42.2. The van der Waals surface area contributed by atoms with Crippen LogP contribution in [-0.4, -0.2) is 38.7 Å². The van der Waals surface area contributed by atoms with E-state index in [-0.39, 0.29) is 23.4 Å². The Balaban J connectivity index is 1.82. The Kier molecular flexibility index (Phi) is 5.86. The molecule has 1 fully saturated rings. The van der Waals surface area contributed by atoms with Gasteiger partial charge in [0.25, 0.3) is 17.4 Å². The van der Waals surface area contributed by atoms with Crippen molar-refractivity contribution in [3.8, 4) is 5.75 Å². The zero-order valence-corrected chi connectivity index (χ0v) is 17.5. The van der Waals surface area contributed by atoms with E-state index in [2.05, 4.69) is 4.98 Å². The van der Waals surface area contributed by atoms with Gasteiger partial charge >= 0.3 is 0 Å². The van der Waals surface area contributed by atoms with E-state index in [0.717, 1.165) is 11.6 Å².